The van der Waals surface area contributed by atoms with Crippen LogP contribution in [0.25, 0.3) is 0 Å². The second kappa shape index (κ2) is 12.0. The summed E-state index contributed by atoms with van der Waals surface area (Å²) in [5, 5.41) is 8.36. The molecule has 2 rings (SSSR count). The largest absolute Gasteiger partial charge is 0.463 e. The highest BCUT2D eigenvalue weighted by Crippen LogP contribution is 2.23. The highest BCUT2D eigenvalue weighted by atomic mass is 32.2. The van der Waals surface area contributed by atoms with Crippen LogP contribution in [0.5, 0.6) is 0 Å². The van der Waals surface area contributed by atoms with Crippen molar-refractivity contribution in [2.75, 3.05) is 31.4 Å². The highest BCUT2D eigenvalue weighted by Gasteiger charge is 2.13. The number of carbonyl (C=O) groups is 1. The van der Waals surface area contributed by atoms with Crippen LogP contribution in [0.4, 0.5) is 17.1 Å². The van der Waals surface area contributed by atoms with Crippen LogP contribution in [0.3, 0.4) is 0 Å². The van der Waals surface area contributed by atoms with Crippen LogP contribution in [0.2, 0.25) is 0 Å². The van der Waals surface area contributed by atoms with Gasteiger partial charge in [-0.1, -0.05) is 19.4 Å². The van der Waals surface area contributed by atoms with Gasteiger partial charge in [-0.15, -0.1) is 0 Å². The lowest BCUT2D eigenvalue weighted by molar-refractivity contribution is -0.137. The molecule has 0 radical (unpaired) electrons. The van der Waals surface area contributed by atoms with E-state index < -0.39 is 15.8 Å². The molecule has 0 heterocycles. The number of unbranched alkanes of at least 4 members (excludes halogenated alkanes) is 3. The number of hydrogen-bond acceptors (Lipinski definition) is 7. The number of ether oxygens (including phenoxy) is 1. The van der Waals surface area contributed by atoms with Crippen molar-refractivity contribution in [3.8, 4) is 0 Å². The van der Waals surface area contributed by atoms with Crippen LogP contribution in [0.1, 0.15) is 25.7 Å². The Morgan fingerprint density at radius 2 is 1.48 bits per heavy atom. The maximum Gasteiger partial charge on any atom is 0.330 e. The first-order valence-corrected chi connectivity index (χ1v) is 11.8. The van der Waals surface area contributed by atoms with Crippen LogP contribution in [-0.4, -0.2) is 40.8 Å². The molecule has 0 N–H and O–H groups in total. The first-order valence-electron chi connectivity index (χ1n) is 10.1. The second-order valence-corrected chi connectivity index (χ2v) is 9.32. The minimum atomic E-state index is -3.34. The molecule has 0 aliphatic rings. The minimum Gasteiger partial charge on any atom is -0.463 e. The second-order valence-electron chi connectivity index (χ2n) is 7.21. The Kier molecular flexibility index (Phi) is 9.40. The first kappa shape index (κ1) is 24.3. The molecule has 0 fully saturated rings. The molecule has 0 saturated heterocycles. The van der Waals surface area contributed by atoms with Crippen molar-refractivity contribution in [2.45, 2.75) is 30.6 Å². The summed E-state index contributed by atoms with van der Waals surface area (Å²) >= 11 is 0. The molecule has 166 valence electrons. The third kappa shape index (κ3) is 8.33. The minimum absolute atomic E-state index is 0.0819. The predicted octanol–water partition coefficient (Wildman–Crippen LogP) is 5.23. The summed E-state index contributed by atoms with van der Waals surface area (Å²) < 4.78 is 29.9. The summed E-state index contributed by atoms with van der Waals surface area (Å²) in [6.45, 7) is 3.66. The van der Waals surface area contributed by atoms with Gasteiger partial charge in [-0.05, 0) is 61.4 Å². The SMILES string of the molecule is C=CC(=O)OCCCCCCS(=O)(=O)c1ccc(/N=N/c2ccc(N(C)C)cc2)cc1. The van der Waals surface area contributed by atoms with Crippen molar-refractivity contribution in [3.63, 3.8) is 0 Å². The molecule has 0 aromatic heterocycles. The summed E-state index contributed by atoms with van der Waals surface area (Å²) in [5.74, 6) is -0.355. The monoisotopic (exact) mass is 443 g/mol. The van der Waals surface area contributed by atoms with E-state index >= 15 is 0 Å². The van der Waals surface area contributed by atoms with E-state index in [4.69, 9.17) is 4.74 Å². The fourth-order valence-corrected chi connectivity index (χ4v) is 4.12. The lowest BCUT2D eigenvalue weighted by atomic mass is 10.2. The number of carbonyl (C=O) groups excluding carboxylic acids is 1. The maximum atomic E-state index is 12.5. The Hall–Kier alpha value is -3.00. The van der Waals surface area contributed by atoms with E-state index in [9.17, 15) is 13.2 Å². The fourth-order valence-electron chi connectivity index (χ4n) is 2.75. The Bertz CT molecular complexity index is 982. The quantitative estimate of drug-likeness (QED) is 0.194. The van der Waals surface area contributed by atoms with Gasteiger partial charge in [-0.2, -0.15) is 10.2 Å². The van der Waals surface area contributed by atoms with E-state index in [-0.39, 0.29) is 10.6 Å². The van der Waals surface area contributed by atoms with Gasteiger partial charge in [0.25, 0.3) is 0 Å². The van der Waals surface area contributed by atoms with Crippen molar-refractivity contribution in [1.82, 2.24) is 0 Å². The van der Waals surface area contributed by atoms with Gasteiger partial charge in [0.1, 0.15) is 0 Å². The molecule has 2 aromatic rings. The summed E-state index contributed by atoms with van der Waals surface area (Å²) in [6.07, 6.45) is 3.94. The maximum absolute atomic E-state index is 12.5. The van der Waals surface area contributed by atoms with Crippen LogP contribution < -0.4 is 4.90 Å². The number of rotatable bonds is 12. The summed E-state index contributed by atoms with van der Waals surface area (Å²) in [6, 6.07) is 14.1. The molecule has 8 heteroatoms. The van der Waals surface area contributed by atoms with Gasteiger partial charge in [0.15, 0.2) is 9.84 Å². The molecule has 0 aliphatic carbocycles. The van der Waals surface area contributed by atoms with Gasteiger partial charge in [0.2, 0.25) is 0 Å². The van der Waals surface area contributed by atoms with Gasteiger partial charge >= 0.3 is 5.97 Å². The van der Waals surface area contributed by atoms with E-state index in [1.165, 1.54) is 0 Å². The topological polar surface area (TPSA) is 88.4 Å². The third-order valence-corrected chi connectivity index (χ3v) is 6.38. The smallest absolute Gasteiger partial charge is 0.330 e. The first-order chi connectivity index (χ1) is 14.8. The number of sulfone groups is 1. The molecule has 0 aliphatic heterocycles. The van der Waals surface area contributed by atoms with Gasteiger partial charge in [-0.3, -0.25) is 0 Å². The van der Waals surface area contributed by atoms with Crippen molar-refractivity contribution in [2.24, 2.45) is 10.2 Å². The molecule has 0 amide bonds. The fraction of sp³-hybridized carbons (Fsp3) is 0.348. The van der Waals surface area contributed by atoms with Crippen LogP contribution in [0.15, 0.2) is 76.3 Å². The summed E-state index contributed by atoms with van der Waals surface area (Å²) in [5.41, 5.74) is 2.39. The van der Waals surface area contributed by atoms with E-state index in [0.717, 1.165) is 30.3 Å². The zero-order valence-corrected chi connectivity index (χ0v) is 18.8. The third-order valence-electron chi connectivity index (χ3n) is 4.56. The lowest BCUT2D eigenvalue weighted by Gasteiger charge is -2.11. The molecule has 2 aromatic carbocycles. The Labute approximate surface area is 184 Å². The Balaban J connectivity index is 1.81. The Morgan fingerprint density at radius 1 is 0.935 bits per heavy atom. The zero-order valence-electron chi connectivity index (χ0n) is 18.0. The molecular weight excluding hydrogens is 414 g/mol. The van der Waals surface area contributed by atoms with E-state index in [1.807, 2.05) is 43.3 Å². The van der Waals surface area contributed by atoms with Gasteiger partial charge in [0, 0.05) is 25.9 Å². The van der Waals surface area contributed by atoms with Gasteiger partial charge in [-0.25, -0.2) is 13.2 Å². The van der Waals surface area contributed by atoms with Crippen LogP contribution in [0, 0.1) is 0 Å². The predicted molar refractivity (Wildman–Crippen MR) is 123 cm³/mol. The van der Waals surface area contributed by atoms with Gasteiger partial charge in [0.05, 0.1) is 28.6 Å². The summed E-state index contributed by atoms with van der Waals surface area (Å²) in [7, 11) is 0.594. The molecule has 31 heavy (non-hydrogen) atoms. The molecule has 0 saturated carbocycles. The number of nitrogens with zero attached hydrogens (tertiary/aromatic N) is 3. The molecule has 0 atom stereocenters. The molecule has 7 nitrogen and oxygen atoms in total. The van der Waals surface area contributed by atoms with Crippen molar-refractivity contribution in [1.29, 1.82) is 0 Å². The average Bonchev–Trinajstić information content (AvgIpc) is 2.77. The average molecular weight is 444 g/mol. The van der Waals surface area contributed by atoms with Crippen LogP contribution in [-0.2, 0) is 19.4 Å². The van der Waals surface area contributed by atoms with Crippen molar-refractivity contribution >= 4 is 32.9 Å². The number of esters is 1. The standard InChI is InChI=1S/C23H29N3O4S/c1-4-23(27)30-17-7-5-6-8-18-31(28,29)22-15-11-20(12-16-22)25-24-19-9-13-21(14-10-19)26(2)3/h4,9-16H,1,5-8,17-18H2,2-3H3/b25-24+. The molecular formula is C23H29N3O4S. The molecule has 0 spiro atoms. The highest BCUT2D eigenvalue weighted by molar-refractivity contribution is 7.91. The van der Waals surface area contributed by atoms with E-state index in [1.54, 1.807) is 24.3 Å². The number of benzene rings is 2. The Morgan fingerprint density at radius 3 is 2.03 bits per heavy atom. The van der Waals surface area contributed by atoms with Crippen molar-refractivity contribution in [3.05, 3.63) is 61.2 Å². The zero-order chi connectivity index (χ0) is 22.7. The van der Waals surface area contributed by atoms with Crippen molar-refractivity contribution < 1.29 is 17.9 Å². The molecule has 0 unspecified atom stereocenters. The number of anilines is 1. The summed E-state index contributed by atoms with van der Waals surface area (Å²) in [4.78, 5) is 13.2. The molecule has 0 bridgehead atoms. The normalized spacial score (nSPS) is 11.4. The number of hydrogen-bond donors (Lipinski definition) is 0. The number of azo groups is 1. The van der Waals surface area contributed by atoms with Crippen LogP contribution >= 0.6 is 0 Å². The van der Waals surface area contributed by atoms with E-state index in [2.05, 4.69) is 16.8 Å². The van der Waals surface area contributed by atoms with E-state index in [0.29, 0.717) is 25.1 Å². The van der Waals surface area contributed by atoms with Gasteiger partial charge < -0.3 is 9.64 Å². The lowest BCUT2D eigenvalue weighted by Crippen LogP contribution is -2.07.